The number of nitrogens with zero attached hydrogens (tertiary/aromatic N) is 2. The van der Waals surface area contributed by atoms with Crippen LogP contribution in [0, 0.1) is 6.92 Å². The Morgan fingerprint density at radius 2 is 2.27 bits per heavy atom. The van der Waals surface area contributed by atoms with Crippen molar-refractivity contribution in [1.82, 2.24) is 4.98 Å². The molecule has 2 heterocycles. The van der Waals surface area contributed by atoms with Gasteiger partial charge in [0.25, 0.3) is 0 Å². The average Bonchev–Trinajstić information content (AvgIpc) is 2.19. The topological polar surface area (TPSA) is 42.1 Å². The van der Waals surface area contributed by atoms with Gasteiger partial charge in [-0.25, -0.2) is 4.98 Å². The van der Waals surface area contributed by atoms with Gasteiger partial charge in [-0.05, 0) is 31.4 Å². The van der Waals surface area contributed by atoms with Crippen molar-refractivity contribution in [3.8, 4) is 0 Å². The first-order chi connectivity index (χ1) is 6.75. The second-order valence-corrected chi connectivity index (χ2v) is 4.04. The number of rotatable bonds is 1. The van der Waals surface area contributed by atoms with Crippen molar-refractivity contribution in [2.24, 2.45) is 5.73 Å². The lowest BCUT2D eigenvalue weighted by molar-refractivity contribution is 0.503. The van der Waals surface area contributed by atoms with E-state index in [4.69, 9.17) is 5.73 Å². The third-order valence-electron chi connectivity index (χ3n) is 2.68. The summed E-state index contributed by atoms with van der Waals surface area (Å²) in [5.74, 6) is 1.06. The van der Waals surface area contributed by atoms with Gasteiger partial charge in [0.1, 0.15) is 5.82 Å². The van der Waals surface area contributed by atoms with Crippen molar-refractivity contribution >= 4 is 18.2 Å². The van der Waals surface area contributed by atoms with Gasteiger partial charge in [-0.1, -0.05) is 6.07 Å². The summed E-state index contributed by atoms with van der Waals surface area (Å²) in [6.07, 6.45) is 4.23. The molecule has 2 N–H and O–H groups in total. The fraction of sp³-hybridized carbons (Fsp3) is 0.545. The Morgan fingerprint density at radius 1 is 1.47 bits per heavy atom. The molecule has 4 heteroatoms. The van der Waals surface area contributed by atoms with Gasteiger partial charge in [0, 0.05) is 25.3 Å². The summed E-state index contributed by atoms with van der Waals surface area (Å²) < 4.78 is 0. The zero-order chi connectivity index (χ0) is 9.97. The molecule has 0 radical (unpaired) electrons. The van der Waals surface area contributed by atoms with Crippen molar-refractivity contribution in [2.45, 2.75) is 25.8 Å². The average molecular weight is 228 g/mol. The molecule has 1 aliphatic heterocycles. The number of hydrogen-bond donors (Lipinski definition) is 1. The largest absolute Gasteiger partial charge is 0.355 e. The molecule has 1 saturated heterocycles. The van der Waals surface area contributed by atoms with Crippen LogP contribution < -0.4 is 10.6 Å². The number of piperidine rings is 1. The Balaban J connectivity index is 0.00000112. The zero-order valence-electron chi connectivity index (χ0n) is 9.02. The van der Waals surface area contributed by atoms with E-state index in [1.807, 2.05) is 6.20 Å². The summed E-state index contributed by atoms with van der Waals surface area (Å²) in [4.78, 5) is 6.68. The summed E-state index contributed by atoms with van der Waals surface area (Å²) in [6, 6.07) is 4.49. The standard InChI is InChI=1S/C11H17N3.ClH/c1-9-4-5-11(13-7-9)14-6-2-3-10(12)8-14;/h4-5,7,10H,2-3,6,8,12H2,1H3;1H. The molecule has 0 bridgehead atoms. The molecule has 15 heavy (non-hydrogen) atoms. The first-order valence-electron chi connectivity index (χ1n) is 5.19. The lowest BCUT2D eigenvalue weighted by Gasteiger charge is -2.31. The summed E-state index contributed by atoms with van der Waals surface area (Å²) in [6.45, 7) is 4.08. The lowest BCUT2D eigenvalue weighted by atomic mass is 10.1. The molecular weight excluding hydrogens is 210 g/mol. The molecule has 1 aromatic heterocycles. The summed E-state index contributed by atoms with van der Waals surface area (Å²) in [7, 11) is 0. The number of anilines is 1. The van der Waals surface area contributed by atoms with Crippen LogP contribution in [0.25, 0.3) is 0 Å². The third kappa shape index (κ3) is 3.08. The van der Waals surface area contributed by atoms with Crippen molar-refractivity contribution in [2.75, 3.05) is 18.0 Å². The fourth-order valence-corrected chi connectivity index (χ4v) is 1.87. The molecule has 2 rings (SSSR count). The Morgan fingerprint density at radius 3 is 2.87 bits per heavy atom. The van der Waals surface area contributed by atoms with E-state index in [1.54, 1.807) is 0 Å². The quantitative estimate of drug-likeness (QED) is 0.795. The maximum absolute atomic E-state index is 5.92. The van der Waals surface area contributed by atoms with E-state index >= 15 is 0 Å². The van der Waals surface area contributed by atoms with Crippen molar-refractivity contribution < 1.29 is 0 Å². The van der Waals surface area contributed by atoms with Crippen molar-refractivity contribution in [3.05, 3.63) is 23.9 Å². The van der Waals surface area contributed by atoms with E-state index in [0.29, 0.717) is 6.04 Å². The van der Waals surface area contributed by atoms with Gasteiger partial charge in [-0.2, -0.15) is 0 Å². The van der Waals surface area contributed by atoms with Crippen LogP contribution in [0.2, 0.25) is 0 Å². The van der Waals surface area contributed by atoms with Crippen LogP contribution in [0.3, 0.4) is 0 Å². The molecule has 1 aromatic rings. The number of aromatic nitrogens is 1. The van der Waals surface area contributed by atoms with Gasteiger partial charge in [-0.15, -0.1) is 12.4 Å². The smallest absolute Gasteiger partial charge is 0.128 e. The molecule has 0 amide bonds. The predicted octanol–water partition coefficient (Wildman–Crippen LogP) is 1.74. The fourth-order valence-electron chi connectivity index (χ4n) is 1.87. The number of pyridine rings is 1. The highest BCUT2D eigenvalue weighted by Gasteiger charge is 2.17. The molecule has 0 saturated carbocycles. The predicted molar refractivity (Wildman–Crippen MR) is 65.6 cm³/mol. The van der Waals surface area contributed by atoms with Crippen LogP contribution in [-0.4, -0.2) is 24.1 Å². The maximum atomic E-state index is 5.92. The van der Waals surface area contributed by atoms with Crippen LogP contribution >= 0.6 is 12.4 Å². The van der Waals surface area contributed by atoms with E-state index in [1.165, 1.54) is 12.0 Å². The van der Waals surface area contributed by atoms with Gasteiger partial charge >= 0.3 is 0 Å². The zero-order valence-corrected chi connectivity index (χ0v) is 9.83. The lowest BCUT2D eigenvalue weighted by Crippen LogP contribution is -2.43. The maximum Gasteiger partial charge on any atom is 0.128 e. The summed E-state index contributed by atoms with van der Waals surface area (Å²) in [5.41, 5.74) is 7.13. The molecule has 1 unspecified atom stereocenters. The van der Waals surface area contributed by atoms with Gasteiger partial charge in [0.15, 0.2) is 0 Å². The summed E-state index contributed by atoms with van der Waals surface area (Å²) in [5, 5.41) is 0. The Bertz CT molecular complexity index is 299. The number of aryl methyl sites for hydroxylation is 1. The van der Waals surface area contributed by atoms with E-state index in [2.05, 4.69) is 28.9 Å². The molecule has 84 valence electrons. The van der Waals surface area contributed by atoms with Gasteiger partial charge in [0.05, 0.1) is 0 Å². The Hall–Kier alpha value is -0.800. The highest BCUT2D eigenvalue weighted by atomic mass is 35.5. The molecule has 1 fully saturated rings. The summed E-state index contributed by atoms with van der Waals surface area (Å²) >= 11 is 0. The first kappa shape index (κ1) is 12.3. The second-order valence-electron chi connectivity index (χ2n) is 4.04. The van der Waals surface area contributed by atoms with Crippen LogP contribution in [0.15, 0.2) is 18.3 Å². The number of halogens is 1. The second kappa shape index (κ2) is 5.33. The van der Waals surface area contributed by atoms with Crippen molar-refractivity contribution in [3.63, 3.8) is 0 Å². The monoisotopic (exact) mass is 227 g/mol. The van der Waals surface area contributed by atoms with Crippen LogP contribution in [0.5, 0.6) is 0 Å². The normalized spacial score (nSPS) is 20.9. The van der Waals surface area contributed by atoms with Crippen molar-refractivity contribution in [1.29, 1.82) is 0 Å². The molecule has 3 nitrogen and oxygen atoms in total. The SMILES string of the molecule is Cc1ccc(N2CCCC(N)C2)nc1.Cl. The van der Waals surface area contributed by atoms with Gasteiger partial charge in [0.2, 0.25) is 0 Å². The minimum absolute atomic E-state index is 0. The molecule has 1 aliphatic rings. The van der Waals surface area contributed by atoms with Crippen LogP contribution in [-0.2, 0) is 0 Å². The van der Waals surface area contributed by atoms with E-state index < -0.39 is 0 Å². The van der Waals surface area contributed by atoms with Gasteiger partial charge in [-0.3, -0.25) is 0 Å². The Kier molecular flexibility index (Phi) is 4.36. The minimum atomic E-state index is 0. The number of hydrogen-bond acceptors (Lipinski definition) is 3. The first-order valence-corrected chi connectivity index (χ1v) is 5.19. The molecule has 1 atom stereocenters. The third-order valence-corrected chi connectivity index (χ3v) is 2.68. The van der Waals surface area contributed by atoms with E-state index in [0.717, 1.165) is 25.3 Å². The van der Waals surface area contributed by atoms with Crippen LogP contribution in [0.4, 0.5) is 5.82 Å². The molecular formula is C11H18ClN3. The molecule has 0 aromatic carbocycles. The molecule has 0 spiro atoms. The Labute approximate surface area is 97.1 Å². The highest BCUT2D eigenvalue weighted by molar-refractivity contribution is 5.85. The van der Waals surface area contributed by atoms with E-state index in [-0.39, 0.29) is 12.4 Å². The highest BCUT2D eigenvalue weighted by Crippen LogP contribution is 2.16. The van der Waals surface area contributed by atoms with Crippen LogP contribution in [0.1, 0.15) is 18.4 Å². The number of nitrogens with two attached hydrogens (primary N) is 1. The molecule has 0 aliphatic carbocycles. The minimum Gasteiger partial charge on any atom is -0.355 e. The van der Waals surface area contributed by atoms with E-state index in [9.17, 15) is 0 Å². The van der Waals surface area contributed by atoms with Gasteiger partial charge < -0.3 is 10.6 Å².